The second-order valence-electron chi connectivity index (χ2n) is 5.31. The highest BCUT2D eigenvalue weighted by Gasteiger charge is 2.40. The van der Waals surface area contributed by atoms with E-state index in [1.807, 2.05) is 35.7 Å². The van der Waals surface area contributed by atoms with Gasteiger partial charge in [0.05, 0.1) is 6.04 Å². The first-order valence-electron chi connectivity index (χ1n) is 7.12. The molecule has 0 aliphatic carbocycles. The maximum atomic E-state index is 12.5. The third-order valence-electron chi connectivity index (χ3n) is 3.80. The van der Waals surface area contributed by atoms with Gasteiger partial charge in [0.2, 0.25) is 5.91 Å². The molecule has 1 aliphatic rings. The van der Waals surface area contributed by atoms with Crippen LogP contribution in [-0.4, -0.2) is 31.7 Å². The van der Waals surface area contributed by atoms with E-state index in [4.69, 9.17) is 0 Å². The number of likely N-dealkylation sites (N-methyl/N-ethyl adjacent to an activating group) is 1. The fraction of sp³-hybridized carbons (Fsp3) is 0.267. The van der Waals surface area contributed by atoms with Crippen molar-refractivity contribution in [2.24, 2.45) is 0 Å². The fourth-order valence-corrected chi connectivity index (χ4v) is 4.66. The van der Waals surface area contributed by atoms with E-state index >= 15 is 0 Å². The number of hydrogen-bond acceptors (Lipinski definition) is 4. The molecule has 1 aromatic heterocycles. The van der Waals surface area contributed by atoms with Crippen molar-refractivity contribution in [2.75, 3.05) is 12.4 Å². The molecule has 6 nitrogen and oxygen atoms in total. The van der Waals surface area contributed by atoms with Crippen molar-refractivity contribution in [3.05, 3.63) is 52.7 Å². The smallest absolute Gasteiger partial charge is 0.280 e. The summed E-state index contributed by atoms with van der Waals surface area (Å²) in [4.78, 5) is 13.4. The topological polar surface area (TPSA) is 78.5 Å². The monoisotopic (exact) mass is 351 g/mol. The van der Waals surface area contributed by atoms with Gasteiger partial charge in [-0.1, -0.05) is 24.3 Å². The fourth-order valence-electron chi connectivity index (χ4n) is 2.53. The van der Waals surface area contributed by atoms with Gasteiger partial charge < -0.3 is 5.32 Å². The molecular weight excluding hydrogens is 334 g/mol. The van der Waals surface area contributed by atoms with Gasteiger partial charge in [-0.3, -0.25) is 4.79 Å². The van der Waals surface area contributed by atoms with Crippen LogP contribution in [0.2, 0.25) is 0 Å². The zero-order chi connectivity index (χ0) is 16.4. The lowest BCUT2D eigenvalue weighted by molar-refractivity contribution is -0.120. The first-order chi connectivity index (χ1) is 11.0. The highest BCUT2D eigenvalue weighted by molar-refractivity contribution is 7.87. The molecule has 1 aromatic carbocycles. The minimum atomic E-state index is -3.69. The lowest BCUT2D eigenvalue weighted by Crippen LogP contribution is -2.55. The molecule has 2 atom stereocenters. The molecule has 1 fully saturated rings. The van der Waals surface area contributed by atoms with E-state index in [0.717, 1.165) is 9.18 Å². The van der Waals surface area contributed by atoms with Crippen molar-refractivity contribution in [1.29, 1.82) is 0 Å². The molecule has 0 saturated carbocycles. The molecule has 2 heterocycles. The van der Waals surface area contributed by atoms with Crippen molar-refractivity contribution in [3.8, 4) is 0 Å². The van der Waals surface area contributed by atoms with Gasteiger partial charge in [0.1, 0.15) is 6.04 Å². The van der Waals surface area contributed by atoms with Crippen LogP contribution in [0, 0.1) is 0 Å². The first-order valence-corrected chi connectivity index (χ1v) is 9.44. The number of hydrogen-bond donors (Lipinski definition) is 2. The molecule has 0 radical (unpaired) electrons. The maximum Gasteiger partial charge on any atom is 0.280 e. The number of benzene rings is 1. The zero-order valence-electron chi connectivity index (χ0n) is 12.5. The van der Waals surface area contributed by atoms with Gasteiger partial charge in [0, 0.05) is 17.6 Å². The minimum absolute atomic E-state index is 0.328. The summed E-state index contributed by atoms with van der Waals surface area (Å²) in [5.41, 5.74) is 0.648. The number of nitrogens with zero attached hydrogens (tertiary/aromatic N) is 1. The Morgan fingerprint density at radius 2 is 2.00 bits per heavy atom. The average Bonchev–Trinajstić information content (AvgIpc) is 3.05. The number of thiophene rings is 1. The molecule has 3 rings (SSSR count). The summed E-state index contributed by atoms with van der Waals surface area (Å²) in [6.45, 7) is 0. The van der Waals surface area contributed by atoms with E-state index in [9.17, 15) is 13.2 Å². The van der Waals surface area contributed by atoms with Gasteiger partial charge in [-0.05, 0) is 30.0 Å². The van der Waals surface area contributed by atoms with Crippen molar-refractivity contribution in [3.63, 3.8) is 0 Å². The lowest BCUT2D eigenvalue weighted by Gasteiger charge is -2.35. The third-order valence-corrected chi connectivity index (χ3v) is 6.38. The Morgan fingerprint density at radius 3 is 2.65 bits per heavy atom. The summed E-state index contributed by atoms with van der Waals surface area (Å²) in [7, 11) is -2.28. The Hall–Kier alpha value is -1.74. The van der Waals surface area contributed by atoms with E-state index in [2.05, 4.69) is 10.0 Å². The summed E-state index contributed by atoms with van der Waals surface area (Å²) < 4.78 is 28.3. The Labute approximate surface area is 139 Å². The Kier molecular flexibility index (Phi) is 4.49. The SMILES string of the molecule is CN1[C@@H](C(=O)Nc2ccccc2)C[C@@H](c2cccs2)NS1(=O)=O. The lowest BCUT2D eigenvalue weighted by atomic mass is 10.1. The van der Waals surface area contributed by atoms with Gasteiger partial charge in [-0.25, -0.2) is 0 Å². The van der Waals surface area contributed by atoms with E-state index in [0.29, 0.717) is 12.1 Å². The second-order valence-corrected chi connectivity index (χ2v) is 8.05. The van der Waals surface area contributed by atoms with Crippen LogP contribution in [0.15, 0.2) is 47.8 Å². The van der Waals surface area contributed by atoms with E-state index < -0.39 is 16.3 Å². The van der Waals surface area contributed by atoms with E-state index in [1.54, 1.807) is 12.1 Å². The molecular formula is C15H17N3O3S2. The quantitative estimate of drug-likeness (QED) is 0.887. The molecule has 2 N–H and O–H groups in total. The highest BCUT2D eigenvalue weighted by atomic mass is 32.2. The second kappa shape index (κ2) is 6.40. The van der Waals surface area contributed by atoms with Crippen molar-refractivity contribution in [2.45, 2.75) is 18.5 Å². The Balaban J connectivity index is 1.83. The predicted molar refractivity (Wildman–Crippen MR) is 90.4 cm³/mol. The van der Waals surface area contributed by atoms with E-state index in [1.165, 1.54) is 18.4 Å². The van der Waals surface area contributed by atoms with Crippen LogP contribution in [0.5, 0.6) is 0 Å². The molecule has 1 amide bonds. The zero-order valence-corrected chi connectivity index (χ0v) is 14.1. The van der Waals surface area contributed by atoms with Crippen LogP contribution in [0.1, 0.15) is 17.3 Å². The maximum absolute atomic E-state index is 12.5. The standard InChI is InChI=1S/C15H17N3O3S2/c1-18-13(15(19)16-11-6-3-2-4-7-11)10-12(17-23(18,20)21)14-8-5-9-22-14/h2-9,12-13,17H,10H2,1H3,(H,16,19)/t12-,13+/m0/s1. The summed E-state index contributed by atoms with van der Waals surface area (Å²) >= 11 is 1.47. The largest absolute Gasteiger partial charge is 0.325 e. The number of anilines is 1. The van der Waals surface area contributed by atoms with Gasteiger partial charge in [-0.2, -0.15) is 17.4 Å². The normalized spacial score (nSPS) is 24.2. The van der Waals surface area contributed by atoms with Gasteiger partial charge >= 0.3 is 0 Å². The van der Waals surface area contributed by atoms with Crippen LogP contribution in [0.25, 0.3) is 0 Å². The van der Waals surface area contributed by atoms with Crippen LogP contribution in [0.4, 0.5) is 5.69 Å². The summed E-state index contributed by atoms with van der Waals surface area (Å²) in [6.07, 6.45) is 0.384. The number of carbonyl (C=O) groups is 1. The van der Waals surface area contributed by atoms with Crippen LogP contribution in [-0.2, 0) is 15.0 Å². The first kappa shape index (κ1) is 16.1. The Morgan fingerprint density at radius 1 is 1.26 bits per heavy atom. The number of rotatable bonds is 3. The number of carbonyl (C=O) groups excluding carboxylic acids is 1. The summed E-state index contributed by atoms with van der Waals surface area (Å²) in [5.74, 6) is -0.328. The van der Waals surface area contributed by atoms with Gasteiger partial charge in [0.15, 0.2) is 0 Å². The molecule has 0 bridgehead atoms. The number of nitrogens with one attached hydrogen (secondary N) is 2. The number of para-hydroxylation sites is 1. The molecule has 122 valence electrons. The molecule has 0 spiro atoms. The van der Waals surface area contributed by atoms with Crippen molar-refractivity contribution < 1.29 is 13.2 Å². The van der Waals surface area contributed by atoms with Gasteiger partial charge in [-0.15, -0.1) is 11.3 Å². The minimum Gasteiger partial charge on any atom is -0.325 e. The third kappa shape index (κ3) is 3.45. The summed E-state index contributed by atoms with van der Waals surface area (Å²) in [6, 6.07) is 11.6. The number of amides is 1. The molecule has 2 aromatic rings. The van der Waals surface area contributed by atoms with Crippen molar-refractivity contribution in [1.82, 2.24) is 9.03 Å². The molecule has 0 unspecified atom stereocenters. The van der Waals surface area contributed by atoms with E-state index in [-0.39, 0.29) is 11.9 Å². The highest BCUT2D eigenvalue weighted by Crippen LogP contribution is 2.30. The molecule has 1 saturated heterocycles. The predicted octanol–water partition coefficient (Wildman–Crippen LogP) is 1.97. The van der Waals surface area contributed by atoms with Crippen LogP contribution in [0.3, 0.4) is 0 Å². The average molecular weight is 351 g/mol. The van der Waals surface area contributed by atoms with Crippen LogP contribution < -0.4 is 10.0 Å². The van der Waals surface area contributed by atoms with Crippen LogP contribution >= 0.6 is 11.3 Å². The summed E-state index contributed by atoms with van der Waals surface area (Å²) in [5, 5.41) is 4.67. The van der Waals surface area contributed by atoms with Crippen molar-refractivity contribution >= 4 is 33.1 Å². The van der Waals surface area contributed by atoms with Gasteiger partial charge in [0.25, 0.3) is 10.2 Å². The molecule has 23 heavy (non-hydrogen) atoms. The molecule has 1 aliphatic heterocycles. The Bertz CT molecular complexity index is 776. The molecule has 8 heteroatoms.